The molecule has 3 atom stereocenters. The lowest BCUT2D eigenvalue weighted by molar-refractivity contribution is -0.00897. The smallest absolute Gasteiger partial charge is 0.154 e. The average molecular weight is 299 g/mol. The van der Waals surface area contributed by atoms with Crippen molar-refractivity contribution in [3.8, 4) is 0 Å². The second-order valence-corrected chi connectivity index (χ2v) is 7.43. The fourth-order valence-corrected chi connectivity index (χ4v) is 5.39. The van der Waals surface area contributed by atoms with Gasteiger partial charge in [0.1, 0.15) is 0 Å². The van der Waals surface area contributed by atoms with E-state index in [1.165, 1.54) is 0 Å². The minimum Gasteiger partial charge on any atom is -0.376 e. The molecule has 2 fully saturated rings. The van der Waals surface area contributed by atoms with E-state index in [2.05, 4.69) is 15.9 Å². The molecule has 0 aromatic rings. The second kappa shape index (κ2) is 4.69. The summed E-state index contributed by atoms with van der Waals surface area (Å²) < 4.78 is 33.6. The van der Waals surface area contributed by atoms with Crippen molar-refractivity contribution in [3.05, 3.63) is 0 Å². The minimum absolute atomic E-state index is 0.0658. The molecule has 2 aliphatic rings. The molecule has 0 aromatic carbocycles. The Labute approximate surface area is 98.4 Å². The molecule has 0 saturated carbocycles. The molecule has 2 saturated heterocycles. The molecular weight excluding hydrogens is 284 g/mol. The fraction of sp³-hybridized carbons (Fsp3) is 1.00. The van der Waals surface area contributed by atoms with Gasteiger partial charge >= 0.3 is 0 Å². The van der Waals surface area contributed by atoms with E-state index in [9.17, 15) is 8.42 Å². The predicted molar refractivity (Wildman–Crippen MR) is 60.1 cm³/mol. The fourth-order valence-electron chi connectivity index (χ4n) is 1.93. The molecule has 2 rings (SSSR count). The van der Waals surface area contributed by atoms with Gasteiger partial charge in [-0.1, -0.05) is 15.9 Å². The van der Waals surface area contributed by atoms with Crippen molar-refractivity contribution in [1.29, 1.82) is 0 Å². The molecule has 0 radical (unpaired) electrons. The maximum absolute atomic E-state index is 11.3. The van der Waals surface area contributed by atoms with E-state index in [1.54, 1.807) is 0 Å². The van der Waals surface area contributed by atoms with Crippen molar-refractivity contribution < 1.29 is 17.9 Å². The summed E-state index contributed by atoms with van der Waals surface area (Å²) >= 11 is 3.34. The van der Waals surface area contributed by atoms with Gasteiger partial charge in [0.25, 0.3) is 0 Å². The summed E-state index contributed by atoms with van der Waals surface area (Å²) in [5, 5.41) is 0. The van der Waals surface area contributed by atoms with Crippen LogP contribution in [0.2, 0.25) is 0 Å². The number of rotatable bonds is 3. The number of hydrogen-bond donors (Lipinski definition) is 0. The summed E-state index contributed by atoms with van der Waals surface area (Å²) in [6.45, 7) is 1.32. The van der Waals surface area contributed by atoms with Gasteiger partial charge in [-0.05, 0) is 12.8 Å². The molecule has 15 heavy (non-hydrogen) atoms. The first-order chi connectivity index (χ1) is 7.07. The van der Waals surface area contributed by atoms with E-state index in [1.807, 2.05) is 0 Å². The Morgan fingerprint density at radius 1 is 1.40 bits per heavy atom. The van der Waals surface area contributed by atoms with Gasteiger partial charge in [0, 0.05) is 6.61 Å². The molecule has 0 aliphatic carbocycles. The van der Waals surface area contributed by atoms with Crippen molar-refractivity contribution in [2.75, 3.05) is 24.7 Å². The van der Waals surface area contributed by atoms with Crippen LogP contribution in [-0.4, -0.2) is 50.2 Å². The van der Waals surface area contributed by atoms with Crippen molar-refractivity contribution in [2.24, 2.45) is 0 Å². The van der Waals surface area contributed by atoms with Crippen LogP contribution in [0.4, 0.5) is 0 Å². The Bertz CT molecular complexity index is 310. The molecule has 0 spiro atoms. The summed E-state index contributed by atoms with van der Waals surface area (Å²) in [5.74, 6) is 0.318. The molecule has 0 aromatic heterocycles. The topological polar surface area (TPSA) is 52.6 Å². The molecule has 0 bridgehead atoms. The summed E-state index contributed by atoms with van der Waals surface area (Å²) in [6.07, 6.45) is 2.05. The predicted octanol–water partition coefficient (Wildman–Crippen LogP) is 0.742. The van der Waals surface area contributed by atoms with E-state index in [-0.39, 0.29) is 28.5 Å². The highest BCUT2D eigenvalue weighted by Gasteiger charge is 2.37. The van der Waals surface area contributed by atoms with Gasteiger partial charge in [0.05, 0.1) is 35.1 Å². The number of hydrogen-bond acceptors (Lipinski definition) is 4. The second-order valence-electron chi connectivity index (χ2n) is 4.10. The monoisotopic (exact) mass is 298 g/mol. The van der Waals surface area contributed by atoms with Crippen LogP contribution in [-0.2, 0) is 19.3 Å². The van der Waals surface area contributed by atoms with Crippen molar-refractivity contribution in [3.63, 3.8) is 0 Å². The SMILES string of the molecule is O=S1(=O)CC(Br)C(OCC2CCCO2)C1. The Kier molecular flexibility index (Phi) is 3.70. The highest BCUT2D eigenvalue weighted by Crippen LogP contribution is 2.23. The molecule has 4 nitrogen and oxygen atoms in total. The molecule has 0 amide bonds. The third-order valence-electron chi connectivity index (χ3n) is 2.75. The van der Waals surface area contributed by atoms with Crippen LogP contribution in [0.15, 0.2) is 0 Å². The third kappa shape index (κ3) is 3.15. The van der Waals surface area contributed by atoms with Crippen LogP contribution >= 0.6 is 15.9 Å². The Morgan fingerprint density at radius 2 is 2.20 bits per heavy atom. The van der Waals surface area contributed by atoms with Crippen LogP contribution in [0.1, 0.15) is 12.8 Å². The average Bonchev–Trinajstić information content (AvgIpc) is 2.70. The zero-order valence-corrected chi connectivity index (χ0v) is 10.8. The van der Waals surface area contributed by atoms with Gasteiger partial charge in [-0.2, -0.15) is 0 Å². The summed E-state index contributed by atoms with van der Waals surface area (Å²) in [4.78, 5) is -0.0658. The third-order valence-corrected chi connectivity index (χ3v) is 5.80. The molecule has 3 unspecified atom stereocenters. The van der Waals surface area contributed by atoms with Gasteiger partial charge in [-0.15, -0.1) is 0 Å². The molecule has 88 valence electrons. The molecule has 2 aliphatic heterocycles. The quantitative estimate of drug-likeness (QED) is 0.721. The van der Waals surface area contributed by atoms with Crippen LogP contribution in [0.5, 0.6) is 0 Å². The normalized spacial score (nSPS) is 39.7. The van der Waals surface area contributed by atoms with Crippen molar-refractivity contribution >= 4 is 25.8 Å². The maximum Gasteiger partial charge on any atom is 0.154 e. The number of alkyl halides is 1. The summed E-state index contributed by atoms with van der Waals surface area (Å²) in [6, 6.07) is 0. The van der Waals surface area contributed by atoms with Gasteiger partial charge in [-0.3, -0.25) is 0 Å². The van der Waals surface area contributed by atoms with Crippen LogP contribution in [0, 0.1) is 0 Å². The van der Waals surface area contributed by atoms with Crippen LogP contribution < -0.4 is 0 Å². The molecule has 0 N–H and O–H groups in total. The van der Waals surface area contributed by atoms with E-state index >= 15 is 0 Å². The number of halogens is 1. The van der Waals surface area contributed by atoms with E-state index in [0.717, 1.165) is 19.4 Å². The number of sulfone groups is 1. The van der Waals surface area contributed by atoms with Crippen molar-refractivity contribution in [2.45, 2.75) is 29.9 Å². The Hall–Kier alpha value is 0.350. The van der Waals surface area contributed by atoms with Gasteiger partial charge in [0.2, 0.25) is 0 Å². The first-order valence-electron chi connectivity index (χ1n) is 5.14. The minimum atomic E-state index is -2.90. The highest BCUT2D eigenvalue weighted by atomic mass is 79.9. The lowest BCUT2D eigenvalue weighted by Gasteiger charge is -2.16. The van der Waals surface area contributed by atoms with Gasteiger partial charge < -0.3 is 9.47 Å². The standard InChI is InChI=1S/C9H15BrO4S/c10-8-5-15(11,12)6-9(8)14-4-7-2-1-3-13-7/h7-9H,1-6H2. The van der Waals surface area contributed by atoms with E-state index < -0.39 is 9.84 Å². The van der Waals surface area contributed by atoms with E-state index in [4.69, 9.17) is 9.47 Å². The lowest BCUT2D eigenvalue weighted by atomic mass is 10.2. The maximum atomic E-state index is 11.3. The first kappa shape index (κ1) is 11.8. The van der Waals surface area contributed by atoms with Gasteiger partial charge in [0.15, 0.2) is 9.84 Å². The zero-order chi connectivity index (χ0) is 10.9. The Balaban J connectivity index is 1.79. The summed E-state index contributed by atoms with van der Waals surface area (Å²) in [7, 11) is -2.90. The number of ether oxygens (including phenoxy) is 2. The zero-order valence-electron chi connectivity index (χ0n) is 8.39. The lowest BCUT2D eigenvalue weighted by Crippen LogP contribution is -2.27. The van der Waals surface area contributed by atoms with Gasteiger partial charge in [-0.25, -0.2) is 8.42 Å². The summed E-state index contributed by atoms with van der Waals surface area (Å²) in [5.41, 5.74) is 0. The largest absolute Gasteiger partial charge is 0.376 e. The molecular formula is C9H15BrO4S. The highest BCUT2D eigenvalue weighted by molar-refractivity contribution is 9.09. The molecule has 6 heteroatoms. The van der Waals surface area contributed by atoms with E-state index in [0.29, 0.717) is 6.61 Å². The van der Waals surface area contributed by atoms with Crippen molar-refractivity contribution in [1.82, 2.24) is 0 Å². The van der Waals surface area contributed by atoms with Crippen LogP contribution in [0.25, 0.3) is 0 Å². The Morgan fingerprint density at radius 3 is 2.73 bits per heavy atom. The first-order valence-corrected chi connectivity index (χ1v) is 7.88. The molecule has 2 heterocycles. The van der Waals surface area contributed by atoms with Crippen LogP contribution in [0.3, 0.4) is 0 Å².